The van der Waals surface area contributed by atoms with Gasteiger partial charge in [-0.15, -0.1) is 23.5 Å². The molecule has 16 heavy (non-hydrogen) atoms. The van der Waals surface area contributed by atoms with Gasteiger partial charge in [0.1, 0.15) is 0 Å². The van der Waals surface area contributed by atoms with Crippen LogP contribution in [-0.2, 0) is 0 Å². The molecule has 0 aromatic heterocycles. The molecule has 0 atom stereocenters. The Balaban J connectivity index is 3.09. The monoisotopic (exact) mass is 334 g/mol. The zero-order valence-electron chi connectivity index (χ0n) is 9.76. The van der Waals surface area contributed by atoms with Crippen molar-refractivity contribution in [3.05, 3.63) is 0 Å². The third-order valence-electron chi connectivity index (χ3n) is 1.63. The molecular formula is C10H22S6. The zero-order chi connectivity index (χ0) is 12.1. The van der Waals surface area contributed by atoms with Crippen molar-refractivity contribution in [2.75, 3.05) is 46.0 Å². The van der Waals surface area contributed by atoms with Gasteiger partial charge in [0.25, 0.3) is 0 Å². The van der Waals surface area contributed by atoms with Crippen LogP contribution in [0.25, 0.3) is 0 Å². The summed E-state index contributed by atoms with van der Waals surface area (Å²) >= 11 is 16.6. The largest absolute Gasteiger partial charge is 0.179 e. The van der Waals surface area contributed by atoms with Crippen molar-refractivity contribution in [1.29, 1.82) is 0 Å². The van der Waals surface area contributed by atoms with Gasteiger partial charge in [0, 0.05) is 39.1 Å². The molecule has 0 rings (SSSR count). The Hall–Kier alpha value is 2.10. The van der Waals surface area contributed by atoms with E-state index in [0.717, 1.165) is 16.1 Å². The Morgan fingerprint density at radius 1 is 0.750 bits per heavy atom. The molecule has 0 aromatic carbocycles. The molecular weight excluding hydrogens is 313 g/mol. The number of hydrogen-bond donors (Lipinski definition) is 2. The minimum Gasteiger partial charge on any atom is -0.179 e. The quantitative estimate of drug-likeness (QED) is 0.313. The molecule has 0 unspecified atom stereocenters. The molecule has 98 valence electrons. The minimum absolute atomic E-state index is 0.744. The normalized spacial score (nSPS) is 11.2. The fourth-order valence-corrected chi connectivity index (χ4v) is 5.71. The van der Waals surface area contributed by atoms with E-state index in [-0.39, 0.29) is 0 Å². The Morgan fingerprint density at radius 3 is 1.56 bits per heavy atom. The van der Waals surface area contributed by atoms with E-state index in [1.165, 1.54) is 34.5 Å². The standard InChI is InChI=1S/C10H22S6/c1-10(15-8-6-13-4-2-11)16-9-7-14-5-3-12/h10-12H,2-9H2,1H3. The summed E-state index contributed by atoms with van der Waals surface area (Å²) in [7, 11) is 0. The summed E-state index contributed by atoms with van der Waals surface area (Å²) in [4.78, 5) is 0. The molecule has 0 saturated heterocycles. The lowest BCUT2D eigenvalue weighted by Crippen LogP contribution is -1.97. The third-order valence-corrected chi connectivity index (χ3v) is 7.81. The maximum atomic E-state index is 4.20. The molecule has 6 heteroatoms. The van der Waals surface area contributed by atoms with Crippen molar-refractivity contribution in [3.8, 4) is 0 Å². The lowest BCUT2D eigenvalue weighted by molar-refractivity contribution is 1.38. The second-order valence-corrected chi connectivity index (χ2v) is 9.52. The molecule has 0 fully saturated rings. The molecule has 0 spiro atoms. The number of hydrogen-bond acceptors (Lipinski definition) is 6. The van der Waals surface area contributed by atoms with Crippen LogP contribution in [0.2, 0.25) is 0 Å². The Kier molecular flexibility index (Phi) is 17.1. The summed E-state index contributed by atoms with van der Waals surface area (Å²) in [6.45, 7) is 2.32. The molecule has 0 amide bonds. The minimum atomic E-state index is 0.744. The van der Waals surface area contributed by atoms with Gasteiger partial charge >= 0.3 is 0 Å². The molecule has 0 aromatic rings. The Bertz CT molecular complexity index is 118. The topological polar surface area (TPSA) is 0 Å². The lowest BCUT2D eigenvalue weighted by atomic mass is 10.9. The van der Waals surface area contributed by atoms with Crippen molar-refractivity contribution in [2.24, 2.45) is 0 Å². The first-order valence-electron chi connectivity index (χ1n) is 5.41. The summed E-state index contributed by atoms with van der Waals surface area (Å²) in [5, 5.41) is 0. The molecule has 0 N–H and O–H groups in total. The van der Waals surface area contributed by atoms with Gasteiger partial charge in [-0.25, -0.2) is 0 Å². The second kappa shape index (κ2) is 15.2. The maximum absolute atomic E-state index is 4.20. The van der Waals surface area contributed by atoms with Crippen molar-refractivity contribution in [2.45, 2.75) is 11.5 Å². The van der Waals surface area contributed by atoms with E-state index in [0.29, 0.717) is 0 Å². The third kappa shape index (κ3) is 14.2. The van der Waals surface area contributed by atoms with E-state index >= 15 is 0 Å². The van der Waals surface area contributed by atoms with Crippen molar-refractivity contribution in [1.82, 2.24) is 0 Å². The molecule has 0 aliphatic heterocycles. The van der Waals surface area contributed by atoms with E-state index < -0.39 is 0 Å². The summed E-state index contributed by atoms with van der Waals surface area (Å²) < 4.78 is 0.744. The highest BCUT2D eigenvalue weighted by molar-refractivity contribution is 8.17. The first-order valence-corrected chi connectivity index (χ1v) is 11.1. The first kappa shape index (κ1) is 18.1. The molecule has 0 nitrogen and oxygen atoms in total. The molecule has 0 bridgehead atoms. The van der Waals surface area contributed by atoms with Crippen molar-refractivity contribution < 1.29 is 0 Å². The predicted molar refractivity (Wildman–Crippen MR) is 96.7 cm³/mol. The van der Waals surface area contributed by atoms with Crippen LogP contribution in [-0.4, -0.2) is 50.6 Å². The lowest BCUT2D eigenvalue weighted by Gasteiger charge is -2.10. The molecule has 0 heterocycles. The molecule has 0 aliphatic rings. The van der Waals surface area contributed by atoms with Gasteiger partial charge in [0.2, 0.25) is 0 Å². The van der Waals surface area contributed by atoms with Gasteiger partial charge in [-0.3, -0.25) is 0 Å². The zero-order valence-corrected chi connectivity index (χ0v) is 14.8. The van der Waals surface area contributed by atoms with E-state index in [4.69, 9.17) is 0 Å². The van der Waals surface area contributed by atoms with Crippen LogP contribution in [0, 0.1) is 0 Å². The van der Waals surface area contributed by atoms with Crippen LogP contribution in [0.5, 0.6) is 0 Å². The van der Waals surface area contributed by atoms with Crippen LogP contribution in [0.3, 0.4) is 0 Å². The average molecular weight is 335 g/mol. The summed E-state index contributed by atoms with van der Waals surface area (Å²) in [5.74, 6) is 9.46. The maximum Gasteiger partial charge on any atom is 0.0474 e. The average Bonchev–Trinajstić information content (AvgIpc) is 2.28. The van der Waals surface area contributed by atoms with E-state index in [2.05, 4.69) is 55.7 Å². The van der Waals surface area contributed by atoms with Crippen LogP contribution in [0.1, 0.15) is 6.92 Å². The van der Waals surface area contributed by atoms with Crippen LogP contribution >= 0.6 is 72.3 Å². The van der Waals surface area contributed by atoms with E-state index in [9.17, 15) is 0 Å². The van der Waals surface area contributed by atoms with Crippen molar-refractivity contribution >= 4 is 72.3 Å². The van der Waals surface area contributed by atoms with Gasteiger partial charge in [-0.2, -0.15) is 48.8 Å². The fraction of sp³-hybridized carbons (Fsp3) is 1.00. The number of thioether (sulfide) groups is 4. The molecule has 0 saturated carbocycles. The highest BCUT2D eigenvalue weighted by atomic mass is 32.2. The SMILES string of the molecule is CC(SCCSCCS)SCCSCCS. The van der Waals surface area contributed by atoms with Gasteiger partial charge in [-0.05, 0) is 18.4 Å². The molecule has 0 aliphatic carbocycles. The highest BCUT2D eigenvalue weighted by Gasteiger charge is 2.02. The number of rotatable bonds is 12. The molecule has 0 radical (unpaired) electrons. The van der Waals surface area contributed by atoms with Crippen LogP contribution in [0.4, 0.5) is 0 Å². The van der Waals surface area contributed by atoms with Crippen molar-refractivity contribution in [3.63, 3.8) is 0 Å². The number of thiol groups is 2. The Labute approximate surface area is 129 Å². The predicted octanol–water partition coefficient (Wildman–Crippen LogP) is 4.12. The summed E-state index contributed by atoms with van der Waals surface area (Å²) in [6, 6.07) is 0. The second-order valence-electron chi connectivity index (χ2n) is 2.98. The highest BCUT2D eigenvalue weighted by Crippen LogP contribution is 2.24. The smallest absolute Gasteiger partial charge is 0.0474 e. The summed E-state index contributed by atoms with van der Waals surface area (Å²) in [6.07, 6.45) is 0. The summed E-state index contributed by atoms with van der Waals surface area (Å²) in [5.41, 5.74) is 0. The van der Waals surface area contributed by atoms with Crippen LogP contribution in [0.15, 0.2) is 0 Å². The fourth-order valence-electron chi connectivity index (χ4n) is 0.927. The van der Waals surface area contributed by atoms with Crippen LogP contribution < -0.4 is 0 Å². The van der Waals surface area contributed by atoms with Gasteiger partial charge in [-0.1, -0.05) is 0 Å². The van der Waals surface area contributed by atoms with Gasteiger partial charge < -0.3 is 0 Å². The van der Waals surface area contributed by atoms with Gasteiger partial charge in [0.05, 0.1) is 0 Å². The first-order chi connectivity index (χ1) is 7.81. The Morgan fingerprint density at radius 2 is 1.19 bits per heavy atom. The van der Waals surface area contributed by atoms with Gasteiger partial charge in [0.15, 0.2) is 0 Å². The van der Waals surface area contributed by atoms with E-state index in [1.807, 2.05) is 23.5 Å². The van der Waals surface area contributed by atoms with E-state index in [1.54, 1.807) is 0 Å².